The van der Waals surface area contributed by atoms with Crippen LogP contribution < -0.4 is 0 Å². The van der Waals surface area contributed by atoms with E-state index in [4.69, 9.17) is 4.74 Å². The molecule has 0 saturated carbocycles. The highest BCUT2D eigenvalue weighted by atomic mass is 19.1. The molecule has 0 saturated heterocycles. The Labute approximate surface area is 127 Å². The first-order chi connectivity index (χ1) is 10.6. The Bertz CT molecular complexity index is 726. The molecule has 112 valence electrons. The zero-order chi connectivity index (χ0) is 15.5. The first-order valence-corrected chi connectivity index (χ1v) is 6.95. The molecule has 0 radical (unpaired) electrons. The summed E-state index contributed by atoms with van der Waals surface area (Å²) in [6.45, 7) is 2.84. The van der Waals surface area contributed by atoms with Gasteiger partial charge in [-0.3, -0.25) is 9.88 Å². The number of carbonyl (C=O) groups excluding carboxylic acids is 1. The number of hydrogen-bond donors (Lipinski definition) is 0. The molecule has 2 aromatic rings. The minimum atomic E-state index is -0.367. The average molecular weight is 298 g/mol. The number of rotatable bonds is 3. The van der Waals surface area contributed by atoms with E-state index in [1.165, 1.54) is 18.4 Å². The zero-order valence-corrected chi connectivity index (χ0v) is 12.1. The molecule has 0 spiro atoms. The Kier molecular flexibility index (Phi) is 3.87. The van der Waals surface area contributed by atoms with Gasteiger partial charge in [0.25, 0.3) is 0 Å². The number of aromatic nitrogens is 1. The summed E-state index contributed by atoms with van der Waals surface area (Å²) < 4.78 is 17.9. The van der Waals surface area contributed by atoms with E-state index in [2.05, 4.69) is 4.98 Å². The van der Waals surface area contributed by atoms with Crippen LogP contribution in [-0.4, -0.2) is 22.5 Å². The van der Waals surface area contributed by atoms with E-state index in [1.807, 2.05) is 13.0 Å². The molecule has 1 aliphatic heterocycles. The Morgan fingerprint density at radius 1 is 1.27 bits per heavy atom. The fraction of sp³-hybridized carbons (Fsp3) is 0.176. The van der Waals surface area contributed by atoms with Gasteiger partial charge < -0.3 is 4.74 Å². The summed E-state index contributed by atoms with van der Waals surface area (Å²) in [5, 5.41) is 0. The topological polar surface area (TPSA) is 42.4 Å². The summed E-state index contributed by atoms with van der Waals surface area (Å²) in [7, 11) is 0. The van der Waals surface area contributed by atoms with Crippen LogP contribution in [0.1, 0.15) is 11.3 Å². The largest absolute Gasteiger partial charge is 0.418 e. The Morgan fingerprint density at radius 2 is 2.05 bits per heavy atom. The van der Waals surface area contributed by atoms with Crippen molar-refractivity contribution < 1.29 is 13.9 Å². The van der Waals surface area contributed by atoms with Crippen LogP contribution in [0.5, 0.6) is 0 Å². The standard InChI is InChI=1S/C17H15FN2O2/c1-12-15(11-20-7-2-8-22-17(20)21)9-14(10-19-12)13-3-5-16(18)6-4-13/h2-6,8-10H,7,11H2,1H3. The third-order valence-corrected chi connectivity index (χ3v) is 3.58. The van der Waals surface area contributed by atoms with Crippen molar-refractivity contribution in [1.29, 1.82) is 0 Å². The molecule has 1 aromatic carbocycles. The molecule has 0 N–H and O–H groups in total. The van der Waals surface area contributed by atoms with Crippen molar-refractivity contribution in [3.05, 3.63) is 65.9 Å². The minimum Gasteiger partial charge on any atom is -0.418 e. The lowest BCUT2D eigenvalue weighted by molar-refractivity contribution is 0.131. The van der Waals surface area contributed by atoms with E-state index in [0.717, 1.165) is 22.4 Å². The summed E-state index contributed by atoms with van der Waals surface area (Å²) in [5.74, 6) is -0.271. The lowest BCUT2D eigenvalue weighted by atomic mass is 10.0. The smallest absolute Gasteiger partial charge is 0.415 e. The van der Waals surface area contributed by atoms with Gasteiger partial charge in [-0.1, -0.05) is 12.1 Å². The van der Waals surface area contributed by atoms with E-state index in [9.17, 15) is 9.18 Å². The van der Waals surface area contributed by atoms with Crippen LogP contribution in [0.3, 0.4) is 0 Å². The van der Waals surface area contributed by atoms with E-state index in [0.29, 0.717) is 13.1 Å². The van der Waals surface area contributed by atoms with Gasteiger partial charge in [-0.2, -0.15) is 0 Å². The molecule has 1 aromatic heterocycles. The summed E-state index contributed by atoms with van der Waals surface area (Å²) in [6, 6.07) is 8.23. The molecule has 22 heavy (non-hydrogen) atoms. The van der Waals surface area contributed by atoms with Crippen molar-refractivity contribution in [2.24, 2.45) is 0 Å². The summed E-state index contributed by atoms with van der Waals surface area (Å²) in [6.07, 6.45) is 4.57. The predicted octanol–water partition coefficient (Wildman–Crippen LogP) is 3.66. The number of halogens is 1. The van der Waals surface area contributed by atoms with Crippen LogP contribution in [0.2, 0.25) is 0 Å². The number of nitrogens with zero attached hydrogens (tertiary/aromatic N) is 2. The number of benzene rings is 1. The Morgan fingerprint density at radius 3 is 2.77 bits per heavy atom. The molecule has 4 nitrogen and oxygen atoms in total. The van der Waals surface area contributed by atoms with Gasteiger partial charge in [0.05, 0.1) is 12.8 Å². The molecule has 0 bridgehead atoms. The van der Waals surface area contributed by atoms with Gasteiger partial charge >= 0.3 is 6.09 Å². The molecule has 0 aliphatic carbocycles. The highest BCUT2D eigenvalue weighted by Gasteiger charge is 2.18. The van der Waals surface area contributed by atoms with Crippen molar-refractivity contribution in [2.75, 3.05) is 6.54 Å². The third kappa shape index (κ3) is 2.98. The van der Waals surface area contributed by atoms with Crippen LogP contribution >= 0.6 is 0 Å². The molecule has 1 aliphatic rings. The minimum absolute atomic E-state index is 0.271. The Hall–Kier alpha value is -2.69. The van der Waals surface area contributed by atoms with Crippen molar-refractivity contribution in [3.63, 3.8) is 0 Å². The molecule has 0 atom stereocenters. The van der Waals surface area contributed by atoms with Crippen molar-refractivity contribution in [2.45, 2.75) is 13.5 Å². The van der Waals surface area contributed by atoms with E-state index >= 15 is 0 Å². The van der Waals surface area contributed by atoms with Crippen molar-refractivity contribution >= 4 is 6.09 Å². The second-order valence-corrected chi connectivity index (χ2v) is 5.11. The highest BCUT2D eigenvalue weighted by molar-refractivity contribution is 5.70. The highest BCUT2D eigenvalue weighted by Crippen LogP contribution is 2.22. The maximum absolute atomic E-state index is 13.0. The molecule has 2 heterocycles. The number of aryl methyl sites for hydroxylation is 1. The van der Waals surface area contributed by atoms with Crippen LogP contribution in [0.15, 0.2) is 48.9 Å². The third-order valence-electron chi connectivity index (χ3n) is 3.58. The molecular formula is C17H15FN2O2. The molecule has 1 amide bonds. The molecule has 0 fully saturated rings. The number of carbonyl (C=O) groups is 1. The second-order valence-electron chi connectivity index (χ2n) is 5.11. The van der Waals surface area contributed by atoms with Crippen LogP contribution in [-0.2, 0) is 11.3 Å². The normalized spacial score (nSPS) is 14.1. The molecular weight excluding hydrogens is 283 g/mol. The number of ether oxygens (including phenoxy) is 1. The van der Waals surface area contributed by atoms with Crippen molar-refractivity contribution in [3.8, 4) is 11.1 Å². The average Bonchev–Trinajstić information content (AvgIpc) is 2.52. The maximum atomic E-state index is 13.0. The first-order valence-electron chi connectivity index (χ1n) is 6.95. The Balaban J connectivity index is 1.88. The van der Waals surface area contributed by atoms with Crippen LogP contribution in [0.25, 0.3) is 11.1 Å². The number of amides is 1. The van der Waals surface area contributed by atoms with Gasteiger partial charge in [0.1, 0.15) is 5.82 Å². The monoisotopic (exact) mass is 298 g/mol. The quantitative estimate of drug-likeness (QED) is 0.868. The predicted molar refractivity (Wildman–Crippen MR) is 80.4 cm³/mol. The number of hydrogen-bond acceptors (Lipinski definition) is 3. The van der Waals surface area contributed by atoms with E-state index < -0.39 is 0 Å². The van der Waals surface area contributed by atoms with Gasteiger partial charge in [0, 0.05) is 24.0 Å². The van der Waals surface area contributed by atoms with Crippen LogP contribution in [0.4, 0.5) is 9.18 Å². The van der Waals surface area contributed by atoms with Crippen LogP contribution in [0, 0.1) is 12.7 Å². The maximum Gasteiger partial charge on any atom is 0.415 e. The van der Waals surface area contributed by atoms with Gasteiger partial charge in [0.2, 0.25) is 0 Å². The van der Waals surface area contributed by atoms with Gasteiger partial charge in [-0.15, -0.1) is 0 Å². The van der Waals surface area contributed by atoms with Gasteiger partial charge in [0.15, 0.2) is 0 Å². The lowest BCUT2D eigenvalue weighted by Crippen LogP contribution is -2.33. The fourth-order valence-corrected chi connectivity index (χ4v) is 2.30. The number of cyclic esters (lactones) is 1. The van der Waals surface area contributed by atoms with E-state index in [-0.39, 0.29) is 11.9 Å². The molecule has 5 heteroatoms. The summed E-state index contributed by atoms with van der Waals surface area (Å²) >= 11 is 0. The number of pyridine rings is 1. The van der Waals surface area contributed by atoms with Gasteiger partial charge in [-0.05, 0) is 42.3 Å². The fourth-order valence-electron chi connectivity index (χ4n) is 2.30. The molecule has 3 rings (SSSR count). The van der Waals surface area contributed by atoms with E-state index in [1.54, 1.807) is 29.3 Å². The first kappa shape index (κ1) is 14.3. The zero-order valence-electron chi connectivity index (χ0n) is 12.1. The lowest BCUT2D eigenvalue weighted by Gasteiger charge is -2.23. The SMILES string of the molecule is Cc1ncc(-c2ccc(F)cc2)cc1CN1CC=COC1=O. The molecule has 0 unspecified atom stereocenters. The van der Waals surface area contributed by atoms with Crippen molar-refractivity contribution in [1.82, 2.24) is 9.88 Å². The summed E-state index contributed by atoms with van der Waals surface area (Å²) in [4.78, 5) is 17.7. The second kappa shape index (κ2) is 5.97. The summed E-state index contributed by atoms with van der Waals surface area (Å²) in [5.41, 5.74) is 3.57. The van der Waals surface area contributed by atoms with Gasteiger partial charge in [-0.25, -0.2) is 9.18 Å².